The van der Waals surface area contributed by atoms with Crippen molar-refractivity contribution in [3.05, 3.63) is 24.3 Å². The number of ether oxygens (including phenoxy) is 1. The summed E-state index contributed by atoms with van der Waals surface area (Å²) in [6.45, 7) is 10.6. The maximum atomic E-state index is 14.0. The van der Waals surface area contributed by atoms with Crippen molar-refractivity contribution in [1.82, 2.24) is 10.2 Å². The van der Waals surface area contributed by atoms with E-state index >= 15 is 0 Å². The molecular weight excluding hydrogens is 701 g/mol. The Labute approximate surface area is 356 Å². The van der Waals surface area contributed by atoms with Crippen LogP contribution in [0.5, 0.6) is 0 Å². The Hall–Kier alpha value is -1.62. The molecule has 0 aromatic heterocycles. The Morgan fingerprint density at radius 2 is 0.877 bits per heavy atom. The van der Waals surface area contributed by atoms with Crippen LogP contribution < -0.4 is 5.32 Å². The predicted octanol–water partition coefficient (Wildman–Crippen LogP) is 15.7. The second-order valence-electron chi connectivity index (χ2n) is 17.8. The van der Waals surface area contributed by atoms with Crippen molar-refractivity contribution in [3.63, 3.8) is 0 Å². The number of allylic oxidation sites excluding steroid dienone is 4. The molecular formula is C52H98N2O3. The molecule has 1 saturated heterocycles. The van der Waals surface area contributed by atoms with Crippen LogP contribution in [-0.4, -0.2) is 48.6 Å². The molecule has 0 saturated carbocycles. The maximum absolute atomic E-state index is 14.0. The Bertz CT molecular complexity index is 896. The smallest absolute Gasteiger partial charge is 0.306 e. The van der Waals surface area contributed by atoms with Crippen LogP contribution in [0.3, 0.4) is 0 Å². The number of hydrogen-bond acceptors (Lipinski definition) is 4. The van der Waals surface area contributed by atoms with Gasteiger partial charge in [0.1, 0.15) is 0 Å². The van der Waals surface area contributed by atoms with Gasteiger partial charge in [0.15, 0.2) is 5.60 Å². The summed E-state index contributed by atoms with van der Waals surface area (Å²) >= 11 is 0. The van der Waals surface area contributed by atoms with Crippen molar-refractivity contribution in [2.75, 3.05) is 26.2 Å². The number of esters is 1. The Balaban J connectivity index is 2.59. The van der Waals surface area contributed by atoms with E-state index < -0.39 is 5.60 Å². The van der Waals surface area contributed by atoms with Crippen LogP contribution in [0.2, 0.25) is 0 Å². The number of unbranched alkanes of at least 4 members (excludes halogenated alkanes) is 25. The molecule has 0 atom stereocenters. The van der Waals surface area contributed by atoms with Crippen LogP contribution in [-0.2, 0) is 14.3 Å². The average Bonchev–Trinajstić information content (AvgIpc) is 3.49. The molecule has 334 valence electrons. The lowest BCUT2D eigenvalue weighted by atomic mass is 9.88. The molecule has 0 aliphatic carbocycles. The zero-order valence-electron chi connectivity index (χ0n) is 38.7. The molecule has 1 heterocycles. The van der Waals surface area contributed by atoms with E-state index in [2.05, 4.69) is 55.3 Å². The summed E-state index contributed by atoms with van der Waals surface area (Å²) in [5.74, 6) is -0.220. The number of carbonyl (C=O) groups is 2. The number of hydrogen-bond donors (Lipinski definition) is 1. The molecule has 1 N–H and O–H groups in total. The molecule has 1 aliphatic heterocycles. The van der Waals surface area contributed by atoms with Gasteiger partial charge in [0, 0.05) is 13.0 Å². The normalized spacial score (nSPS) is 14.2. The molecule has 1 aliphatic rings. The lowest BCUT2D eigenvalue weighted by Gasteiger charge is -2.33. The minimum absolute atomic E-state index is 0.0442. The van der Waals surface area contributed by atoms with Gasteiger partial charge in [-0.15, -0.1) is 0 Å². The largest absolute Gasteiger partial charge is 0.449 e. The summed E-state index contributed by atoms with van der Waals surface area (Å²) < 4.78 is 6.41. The van der Waals surface area contributed by atoms with Crippen molar-refractivity contribution in [1.29, 1.82) is 0 Å². The summed E-state index contributed by atoms with van der Waals surface area (Å²) in [7, 11) is 0. The molecule has 0 bridgehead atoms. The first-order valence-electron chi connectivity index (χ1n) is 25.6. The van der Waals surface area contributed by atoms with E-state index in [0.717, 1.165) is 64.6 Å². The summed E-state index contributed by atoms with van der Waals surface area (Å²) in [4.78, 5) is 30.0. The molecule has 5 heteroatoms. The van der Waals surface area contributed by atoms with Gasteiger partial charge in [-0.2, -0.15) is 0 Å². The maximum Gasteiger partial charge on any atom is 0.306 e. The Morgan fingerprint density at radius 3 is 1.30 bits per heavy atom. The van der Waals surface area contributed by atoms with Crippen LogP contribution in [0, 0.1) is 0 Å². The number of amides is 1. The van der Waals surface area contributed by atoms with Crippen LogP contribution in [0.15, 0.2) is 24.3 Å². The van der Waals surface area contributed by atoms with Crippen LogP contribution in [0.4, 0.5) is 0 Å². The number of nitrogens with zero attached hydrogens (tertiary/aromatic N) is 1. The highest BCUT2D eigenvalue weighted by atomic mass is 16.6. The van der Waals surface area contributed by atoms with Gasteiger partial charge in [-0.25, -0.2) is 0 Å². The van der Waals surface area contributed by atoms with E-state index in [0.29, 0.717) is 25.8 Å². The summed E-state index contributed by atoms with van der Waals surface area (Å²) in [6.07, 6.45) is 54.6. The fourth-order valence-corrected chi connectivity index (χ4v) is 8.43. The highest BCUT2D eigenvalue weighted by molar-refractivity contribution is 5.87. The van der Waals surface area contributed by atoms with Crippen molar-refractivity contribution < 1.29 is 14.3 Å². The van der Waals surface area contributed by atoms with Gasteiger partial charge in [-0.3, -0.25) is 9.59 Å². The molecule has 0 unspecified atom stereocenters. The lowest BCUT2D eigenvalue weighted by molar-refractivity contribution is -0.171. The van der Waals surface area contributed by atoms with Crippen LogP contribution in [0.25, 0.3) is 0 Å². The average molecular weight is 799 g/mol. The molecule has 0 aromatic rings. The summed E-state index contributed by atoms with van der Waals surface area (Å²) in [5, 5.41) is 3.22. The number of likely N-dealkylation sites (tertiary alicyclic amines) is 1. The van der Waals surface area contributed by atoms with E-state index in [4.69, 9.17) is 4.74 Å². The minimum atomic E-state index is -1.03. The SMILES string of the molecule is CCCCCCCC/C=C\CCCCCCCCC(CCCCCCCC/C=C\CCCCCCCC)(OC(=O)CCCN1CCCCCC1)C(=O)NCCCC. The molecule has 57 heavy (non-hydrogen) atoms. The van der Waals surface area contributed by atoms with E-state index in [1.807, 2.05) is 0 Å². The highest BCUT2D eigenvalue weighted by Gasteiger charge is 2.41. The van der Waals surface area contributed by atoms with Crippen LogP contribution in [0.1, 0.15) is 265 Å². The number of rotatable bonds is 41. The standard InChI is InChI=1S/C52H98N2O3/c1-4-7-10-12-14-16-18-20-22-24-26-28-30-32-34-38-44-52(51(56)53-46-9-6-3,57-50(55)43-42-49-54-47-40-36-37-41-48-54)45-39-35-33-31-29-27-25-23-21-19-17-15-13-11-8-5-2/h20-23H,4-19,24-49H2,1-3H3,(H,53,56)/b22-20-,23-21-. The first kappa shape index (κ1) is 53.4. The molecule has 1 rings (SSSR count). The minimum Gasteiger partial charge on any atom is -0.449 e. The number of nitrogens with one attached hydrogen (secondary N) is 1. The summed E-state index contributed by atoms with van der Waals surface area (Å²) in [6, 6.07) is 0. The van der Waals surface area contributed by atoms with Gasteiger partial charge in [0.25, 0.3) is 5.91 Å². The van der Waals surface area contributed by atoms with Gasteiger partial charge >= 0.3 is 5.97 Å². The van der Waals surface area contributed by atoms with Gasteiger partial charge < -0.3 is 15.0 Å². The van der Waals surface area contributed by atoms with Crippen molar-refractivity contribution in [2.45, 2.75) is 270 Å². The third kappa shape index (κ3) is 32.9. The van der Waals surface area contributed by atoms with Gasteiger partial charge in [0.05, 0.1) is 0 Å². The monoisotopic (exact) mass is 799 g/mol. The van der Waals surface area contributed by atoms with E-state index in [1.165, 1.54) is 180 Å². The second-order valence-corrected chi connectivity index (χ2v) is 17.8. The zero-order chi connectivity index (χ0) is 41.2. The van der Waals surface area contributed by atoms with Gasteiger partial charge in [-0.1, -0.05) is 180 Å². The fourth-order valence-electron chi connectivity index (χ4n) is 8.43. The van der Waals surface area contributed by atoms with Crippen molar-refractivity contribution >= 4 is 11.9 Å². The lowest BCUT2D eigenvalue weighted by Crippen LogP contribution is -2.50. The molecule has 1 fully saturated rings. The quantitative estimate of drug-likeness (QED) is 0.0380. The molecule has 0 aromatic carbocycles. The number of carbonyl (C=O) groups excluding carboxylic acids is 2. The van der Waals surface area contributed by atoms with E-state index in [9.17, 15) is 9.59 Å². The molecule has 1 amide bonds. The third-order valence-corrected chi connectivity index (χ3v) is 12.3. The predicted molar refractivity (Wildman–Crippen MR) is 249 cm³/mol. The topological polar surface area (TPSA) is 58.6 Å². The Kier molecular flexibility index (Phi) is 38.5. The highest BCUT2D eigenvalue weighted by Crippen LogP contribution is 2.29. The van der Waals surface area contributed by atoms with Gasteiger partial charge in [0.2, 0.25) is 0 Å². The zero-order valence-corrected chi connectivity index (χ0v) is 38.7. The third-order valence-electron chi connectivity index (χ3n) is 12.3. The Morgan fingerprint density at radius 1 is 0.491 bits per heavy atom. The second kappa shape index (κ2) is 41.1. The first-order chi connectivity index (χ1) is 28.1. The molecule has 5 nitrogen and oxygen atoms in total. The molecule has 0 spiro atoms. The summed E-state index contributed by atoms with van der Waals surface area (Å²) in [5.41, 5.74) is -1.03. The first-order valence-corrected chi connectivity index (χ1v) is 25.6. The molecule has 0 radical (unpaired) electrons. The van der Waals surface area contributed by atoms with Crippen molar-refractivity contribution in [2.24, 2.45) is 0 Å². The van der Waals surface area contributed by atoms with E-state index in [1.54, 1.807) is 0 Å². The fraction of sp³-hybridized carbons (Fsp3) is 0.885. The van der Waals surface area contributed by atoms with E-state index in [-0.39, 0.29) is 11.9 Å². The van der Waals surface area contributed by atoms with Crippen LogP contribution >= 0.6 is 0 Å². The van der Waals surface area contributed by atoms with Crippen molar-refractivity contribution in [3.8, 4) is 0 Å². The van der Waals surface area contributed by atoms with Gasteiger partial charge in [-0.05, 0) is 122 Å².